The number of fused-ring (bicyclic) bond motifs is 1. The van der Waals surface area contributed by atoms with Gasteiger partial charge in [-0.1, -0.05) is 66.7 Å². The molecular formula is C34H32N4O3S. The molecule has 0 bridgehead atoms. The van der Waals surface area contributed by atoms with Gasteiger partial charge in [0.1, 0.15) is 10.8 Å². The predicted octanol–water partition coefficient (Wildman–Crippen LogP) is 5.61. The highest BCUT2D eigenvalue weighted by atomic mass is 32.1. The molecule has 3 aromatic carbocycles. The van der Waals surface area contributed by atoms with Gasteiger partial charge in [0.15, 0.2) is 11.0 Å². The van der Waals surface area contributed by atoms with Crippen molar-refractivity contribution in [1.29, 1.82) is 0 Å². The predicted molar refractivity (Wildman–Crippen MR) is 166 cm³/mol. The van der Waals surface area contributed by atoms with Gasteiger partial charge in [-0.15, -0.1) is 11.3 Å². The second-order valence-corrected chi connectivity index (χ2v) is 12.1. The van der Waals surface area contributed by atoms with E-state index in [1.807, 2.05) is 65.0 Å². The van der Waals surface area contributed by atoms with Crippen molar-refractivity contribution >= 4 is 28.2 Å². The number of hydrogen-bond acceptors (Lipinski definition) is 7. The van der Waals surface area contributed by atoms with E-state index in [0.717, 1.165) is 48.9 Å². The van der Waals surface area contributed by atoms with Gasteiger partial charge in [0.2, 0.25) is 0 Å². The zero-order valence-electron chi connectivity index (χ0n) is 23.5. The molecule has 212 valence electrons. The maximum atomic E-state index is 14.4. The summed E-state index contributed by atoms with van der Waals surface area (Å²) in [5, 5.41) is 3.61. The van der Waals surface area contributed by atoms with Crippen molar-refractivity contribution in [1.82, 2.24) is 19.7 Å². The number of carbonyl (C=O) groups is 1. The van der Waals surface area contributed by atoms with Crippen LogP contribution in [0, 0.1) is 6.92 Å². The molecule has 42 heavy (non-hydrogen) atoms. The summed E-state index contributed by atoms with van der Waals surface area (Å²) in [4.78, 5) is 39.2. The van der Waals surface area contributed by atoms with E-state index in [1.165, 1.54) is 0 Å². The third kappa shape index (κ3) is 4.96. The Morgan fingerprint density at radius 3 is 2.45 bits per heavy atom. The van der Waals surface area contributed by atoms with Crippen LogP contribution in [-0.4, -0.2) is 64.4 Å². The third-order valence-corrected chi connectivity index (χ3v) is 9.33. The summed E-state index contributed by atoms with van der Waals surface area (Å²) >= 11 is 1.70. The van der Waals surface area contributed by atoms with Crippen molar-refractivity contribution in [2.75, 3.05) is 32.7 Å². The van der Waals surface area contributed by atoms with Crippen LogP contribution in [0.4, 0.5) is 0 Å². The Bertz CT molecular complexity index is 1770. The zero-order chi connectivity index (χ0) is 28.6. The van der Waals surface area contributed by atoms with Gasteiger partial charge in [-0.2, -0.15) is 0 Å². The van der Waals surface area contributed by atoms with Gasteiger partial charge in [-0.3, -0.25) is 19.4 Å². The minimum Gasteiger partial charge on any atom is -0.455 e. The largest absolute Gasteiger partial charge is 0.455 e. The molecule has 1 amide bonds. The van der Waals surface area contributed by atoms with Crippen LogP contribution in [0.2, 0.25) is 0 Å². The fourth-order valence-corrected chi connectivity index (χ4v) is 6.92. The molecule has 4 heterocycles. The van der Waals surface area contributed by atoms with E-state index in [2.05, 4.69) is 26.9 Å². The molecule has 2 fully saturated rings. The number of piperazine rings is 1. The van der Waals surface area contributed by atoms with E-state index < -0.39 is 0 Å². The summed E-state index contributed by atoms with van der Waals surface area (Å²) in [6.45, 7) is 6.84. The maximum absolute atomic E-state index is 14.4. The molecule has 0 radical (unpaired) electrons. The first kappa shape index (κ1) is 26.8. The Kier molecular flexibility index (Phi) is 7.19. The highest BCUT2D eigenvalue weighted by Gasteiger charge is 2.39. The molecule has 0 aliphatic carbocycles. The summed E-state index contributed by atoms with van der Waals surface area (Å²) in [7, 11) is 0. The van der Waals surface area contributed by atoms with E-state index in [9.17, 15) is 9.59 Å². The van der Waals surface area contributed by atoms with Crippen LogP contribution in [-0.2, 0) is 6.54 Å². The molecule has 2 saturated heterocycles. The topological polar surface area (TPSA) is 69.9 Å². The van der Waals surface area contributed by atoms with Crippen molar-refractivity contribution in [2.24, 2.45) is 0 Å². The summed E-state index contributed by atoms with van der Waals surface area (Å²) in [6.07, 6.45) is 1.86. The number of benzene rings is 3. The Labute approximate surface area is 248 Å². The highest BCUT2D eigenvalue weighted by molar-refractivity contribution is 7.09. The first-order valence-corrected chi connectivity index (χ1v) is 15.3. The van der Waals surface area contributed by atoms with E-state index >= 15 is 0 Å². The highest BCUT2D eigenvalue weighted by Crippen LogP contribution is 2.33. The second-order valence-electron chi connectivity index (χ2n) is 11.1. The van der Waals surface area contributed by atoms with E-state index in [-0.39, 0.29) is 17.4 Å². The smallest absolute Gasteiger partial charge is 0.258 e. The number of carbonyl (C=O) groups excluding carboxylic acids is 1. The van der Waals surface area contributed by atoms with Crippen LogP contribution in [0.5, 0.6) is 0 Å². The molecule has 8 heteroatoms. The average molecular weight is 577 g/mol. The fourth-order valence-electron chi connectivity index (χ4n) is 6.26. The first-order chi connectivity index (χ1) is 20.6. The van der Waals surface area contributed by atoms with Crippen molar-refractivity contribution in [2.45, 2.75) is 25.6 Å². The minimum absolute atomic E-state index is 0.110. The number of thiazole rings is 1. The summed E-state index contributed by atoms with van der Waals surface area (Å²) < 4.78 is 6.42. The lowest BCUT2D eigenvalue weighted by Crippen LogP contribution is -2.63. The third-order valence-electron chi connectivity index (χ3n) is 8.56. The van der Waals surface area contributed by atoms with E-state index in [4.69, 9.17) is 4.42 Å². The van der Waals surface area contributed by atoms with Gasteiger partial charge in [-0.05, 0) is 24.6 Å². The van der Waals surface area contributed by atoms with Crippen LogP contribution >= 0.6 is 11.3 Å². The van der Waals surface area contributed by atoms with Crippen LogP contribution in [0.1, 0.15) is 32.5 Å². The monoisotopic (exact) mass is 576 g/mol. The summed E-state index contributed by atoms with van der Waals surface area (Å²) in [5.74, 6) is 0.393. The molecular weight excluding hydrogens is 544 g/mol. The number of para-hydroxylation sites is 1. The fraction of sp³-hybridized carbons (Fsp3) is 0.265. The van der Waals surface area contributed by atoms with Crippen molar-refractivity contribution in [3.8, 4) is 11.3 Å². The van der Waals surface area contributed by atoms with Gasteiger partial charge in [-0.25, -0.2) is 4.98 Å². The normalized spacial score (nSPS) is 18.3. The van der Waals surface area contributed by atoms with Gasteiger partial charge < -0.3 is 9.32 Å². The Morgan fingerprint density at radius 2 is 1.71 bits per heavy atom. The van der Waals surface area contributed by atoms with Gasteiger partial charge in [0.05, 0.1) is 23.5 Å². The molecule has 7 nitrogen and oxygen atoms in total. The van der Waals surface area contributed by atoms with Crippen LogP contribution in [0.3, 0.4) is 0 Å². The zero-order valence-corrected chi connectivity index (χ0v) is 24.3. The van der Waals surface area contributed by atoms with Gasteiger partial charge in [0, 0.05) is 61.5 Å². The van der Waals surface area contributed by atoms with Gasteiger partial charge >= 0.3 is 0 Å². The Hall–Kier alpha value is -4.11. The van der Waals surface area contributed by atoms with Crippen LogP contribution in [0.15, 0.2) is 99.7 Å². The number of aromatic nitrogens is 1. The van der Waals surface area contributed by atoms with Crippen molar-refractivity contribution < 1.29 is 9.21 Å². The number of hydrogen-bond donors (Lipinski definition) is 0. The van der Waals surface area contributed by atoms with E-state index in [1.54, 1.807) is 36.5 Å². The molecule has 2 aliphatic heterocycles. The average Bonchev–Trinajstić information content (AvgIpc) is 3.54. The lowest BCUT2D eigenvalue weighted by molar-refractivity contribution is -0.0156. The summed E-state index contributed by atoms with van der Waals surface area (Å²) in [6, 6.07) is 25.5. The van der Waals surface area contributed by atoms with Crippen molar-refractivity contribution in [3.63, 3.8) is 0 Å². The number of likely N-dealkylation sites (tertiary alicyclic amines) is 1. The first-order valence-electron chi connectivity index (χ1n) is 14.4. The standard InChI is InChI=1S/C34H32N4O3S/c1-23-31(39)27-13-8-14-28(33(27)41-32(23)25-11-6-3-7-12-25)34(40)38-17-16-37(21-29(38)24-9-4-2-5-10-24)26-19-36(20-26)22-30-35-15-18-42-30/h2-15,18,26,29H,16-17,19-22H2,1H3. The second kappa shape index (κ2) is 11.3. The Morgan fingerprint density at radius 1 is 0.952 bits per heavy atom. The van der Waals surface area contributed by atoms with Crippen LogP contribution in [0.25, 0.3) is 22.3 Å². The lowest BCUT2D eigenvalue weighted by Gasteiger charge is -2.50. The van der Waals surface area contributed by atoms with Gasteiger partial charge in [0.25, 0.3) is 5.91 Å². The SMILES string of the molecule is Cc1c(-c2ccccc2)oc2c(C(=O)N3CCN(C4CN(Cc5nccs5)C4)CC3c3ccccc3)cccc2c1=O. The lowest BCUT2D eigenvalue weighted by atomic mass is 9.97. The molecule has 7 rings (SSSR count). The molecule has 0 N–H and O–H groups in total. The van der Waals surface area contributed by atoms with E-state index in [0.29, 0.717) is 40.4 Å². The number of nitrogens with zero attached hydrogens (tertiary/aromatic N) is 4. The number of amides is 1. The molecule has 0 saturated carbocycles. The summed E-state index contributed by atoms with van der Waals surface area (Å²) in [5.41, 5.74) is 3.13. The van der Waals surface area contributed by atoms with Crippen molar-refractivity contribution in [3.05, 3.63) is 122 Å². The molecule has 1 unspecified atom stereocenters. The Balaban J connectivity index is 1.19. The molecule has 0 spiro atoms. The molecule has 2 aliphatic rings. The molecule has 5 aromatic rings. The molecule has 2 aromatic heterocycles. The molecule has 1 atom stereocenters. The maximum Gasteiger partial charge on any atom is 0.258 e. The number of rotatable bonds is 6. The minimum atomic E-state index is -0.112. The quantitative estimate of drug-likeness (QED) is 0.262. The van der Waals surface area contributed by atoms with Crippen LogP contribution < -0.4 is 5.43 Å².